The van der Waals surface area contributed by atoms with E-state index in [9.17, 15) is 14.4 Å². The molecular formula is C21H30ClN3O5. The van der Waals surface area contributed by atoms with Gasteiger partial charge in [-0.25, -0.2) is 14.4 Å². The molecule has 1 aromatic carbocycles. The number of hydrogen-bond donors (Lipinski definition) is 1. The van der Waals surface area contributed by atoms with E-state index < -0.39 is 11.6 Å². The number of nitrogens with zero attached hydrogens (tertiary/aromatic N) is 2. The summed E-state index contributed by atoms with van der Waals surface area (Å²) < 4.78 is 10.1. The first-order valence-corrected chi connectivity index (χ1v) is 10.3. The molecule has 3 amide bonds. The maximum atomic E-state index is 12.7. The Morgan fingerprint density at radius 2 is 2.00 bits per heavy atom. The number of benzene rings is 1. The summed E-state index contributed by atoms with van der Waals surface area (Å²) in [6.07, 6.45) is 1.39. The van der Waals surface area contributed by atoms with Crippen molar-refractivity contribution in [2.24, 2.45) is 5.92 Å². The Kier molecular flexibility index (Phi) is 7.95. The van der Waals surface area contributed by atoms with E-state index in [1.54, 1.807) is 22.9 Å². The van der Waals surface area contributed by atoms with Crippen LogP contribution in [0.5, 0.6) is 0 Å². The standard InChI is InChI=1S/C21H30ClN3O5/c1-21(2,3)30-20(28)24(4)12-14-7-6-10-25(13-14)19(27)23-15-8-9-17(22)16(11-15)18(26)29-5/h8-9,11,14H,6-7,10,12-13H2,1-5H3,(H,23,27). The lowest BCUT2D eigenvalue weighted by atomic mass is 9.98. The van der Waals surface area contributed by atoms with E-state index >= 15 is 0 Å². The second-order valence-electron chi connectivity index (χ2n) is 8.43. The monoisotopic (exact) mass is 439 g/mol. The molecule has 1 aliphatic rings. The van der Waals surface area contributed by atoms with Gasteiger partial charge in [-0.2, -0.15) is 0 Å². The molecule has 1 unspecified atom stereocenters. The number of methoxy groups -OCH3 is 1. The fourth-order valence-electron chi connectivity index (χ4n) is 3.27. The summed E-state index contributed by atoms with van der Waals surface area (Å²) in [5.74, 6) is -0.419. The fourth-order valence-corrected chi connectivity index (χ4v) is 3.47. The number of likely N-dealkylation sites (tertiary alicyclic amines) is 1. The molecule has 166 valence electrons. The van der Waals surface area contributed by atoms with E-state index in [4.69, 9.17) is 21.1 Å². The van der Waals surface area contributed by atoms with Crippen molar-refractivity contribution in [2.75, 3.05) is 39.1 Å². The van der Waals surface area contributed by atoms with Crippen molar-refractivity contribution in [3.05, 3.63) is 28.8 Å². The summed E-state index contributed by atoms with van der Waals surface area (Å²) in [5, 5.41) is 3.05. The lowest BCUT2D eigenvalue weighted by Crippen LogP contribution is -2.46. The summed E-state index contributed by atoms with van der Waals surface area (Å²) in [5.41, 5.74) is 0.0936. The normalized spacial score (nSPS) is 16.6. The number of ether oxygens (including phenoxy) is 2. The number of rotatable bonds is 4. The smallest absolute Gasteiger partial charge is 0.410 e. The molecule has 1 saturated heterocycles. The van der Waals surface area contributed by atoms with E-state index in [0.29, 0.717) is 25.3 Å². The van der Waals surface area contributed by atoms with Gasteiger partial charge in [-0.05, 0) is 57.7 Å². The fraction of sp³-hybridized carbons (Fsp3) is 0.571. The molecule has 0 radical (unpaired) electrons. The number of halogens is 1. The lowest BCUT2D eigenvalue weighted by molar-refractivity contribution is 0.0253. The first kappa shape index (κ1) is 23.8. The Balaban J connectivity index is 1.96. The molecule has 1 N–H and O–H groups in total. The maximum Gasteiger partial charge on any atom is 0.410 e. The van der Waals surface area contributed by atoms with Gasteiger partial charge in [0.05, 0.1) is 17.7 Å². The minimum absolute atomic E-state index is 0.151. The second kappa shape index (κ2) is 10.0. The van der Waals surface area contributed by atoms with Crippen molar-refractivity contribution in [3.63, 3.8) is 0 Å². The van der Waals surface area contributed by atoms with Gasteiger partial charge in [0.2, 0.25) is 0 Å². The molecule has 9 heteroatoms. The van der Waals surface area contributed by atoms with Gasteiger partial charge >= 0.3 is 18.1 Å². The molecule has 8 nitrogen and oxygen atoms in total. The van der Waals surface area contributed by atoms with Crippen molar-refractivity contribution in [2.45, 2.75) is 39.2 Å². The Morgan fingerprint density at radius 3 is 2.63 bits per heavy atom. The van der Waals surface area contributed by atoms with Crippen molar-refractivity contribution in [1.29, 1.82) is 0 Å². The third-order valence-electron chi connectivity index (χ3n) is 4.67. The average molecular weight is 440 g/mol. The predicted octanol–water partition coefficient (Wildman–Crippen LogP) is 4.24. The van der Waals surface area contributed by atoms with E-state index in [-0.39, 0.29) is 28.6 Å². The number of anilines is 1. The average Bonchev–Trinajstić information content (AvgIpc) is 2.67. The molecule has 0 aromatic heterocycles. The molecule has 0 aliphatic carbocycles. The minimum Gasteiger partial charge on any atom is -0.465 e. The second-order valence-corrected chi connectivity index (χ2v) is 8.84. The Labute approximate surface area is 182 Å². The van der Waals surface area contributed by atoms with Crippen LogP contribution in [-0.4, -0.2) is 67.3 Å². The Hall–Kier alpha value is -2.48. The van der Waals surface area contributed by atoms with E-state index in [1.807, 2.05) is 20.8 Å². The van der Waals surface area contributed by atoms with Crippen LogP contribution in [0.3, 0.4) is 0 Å². The number of urea groups is 1. The van der Waals surface area contributed by atoms with Crippen LogP contribution in [0.1, 0.15) is 44.0 Å². The minimum atomic E-state index is -0.570. The number of esters is 1. The number of carbonyl (C=O) groups is 3. The van der Waals surface area contributed by atoms with Gasteiger partial charge in [-0.1, -0.05) is 11.6 Å². The van der Waals surface area contributed by atoms with E-state index in [1.165, 1.54) is 19.2 Å². The number of amides is 3. The van der Waals surface area contributed by atoms with Crippen LogP contribution in [0.4, 0.5) is 15.3 Å². The van der Waals surface area contributed by atoms with Gasteiger partial charge in [0.25, 0.3) is 0 Å². The molecule has 0 saturated carbocycles. The highest BCUT2D eigenvalue weighted by Gasteiger charge is 2.27. The SMILES string of the molecule is COC(=O)c1cc(NC(=O)N2CCCC(CN(C)C(=O)OC(C)(C)C)C2)ccc1Cl. The molecule has 0 spiro atoms. The van der Waals surface area contributed by atoms with Gasteiger partial charge in [0.15, 0.2) is 0 Å². The van der Waals surface area contributed by atoms with Gasteiger partial charge < -0.3 is 24.6 Å². The third kappa shape index (κ3) is 6.79. The molecule has 1 aromatic rings. The van der Waals surface area contributed by atoms with Crippen LogP contribution in [-0.2, 0) is 9.47 Å². The molecule has 0 bridgehead atoms. The van der Waals surface area contributed by atoms with Crippen molar-refractivity contribution in [1.82, 2.24) is 9.80 Å². The van der Waals surface area contributed by atoms with Crippen LogP contribution >= 0.6 is 11.6 Å². The van der Waals surface area contributed by atoms with Gasteiger partial charge in [0.1, 0.15) is 5.60 Å². The molecule has 1 heterocycles. The Morgan fingerprint density at radius 1 is 1.30 bits per heavy atom. The lowest BCUT2D eigenvalue weighted by Gasteiger charge is -2.35. The van der Waals surface area contributed by atoms with Crippen LogP contribution in [0.25, 0.3) is 0 Å². The topological polar surface area (TPSA) is 88.2 Å². The molecule has 1 atom stereocenters. The molecule has 30 heavy (non-hydrogen) atoms. The number of carbonyl (C=O) groups excluding carboxylic acids is 3. The molecular weight excluding hydrogens is 410 g/mol. The van der Waals surface area contributed by atoms with Crippen LogP contribution in [0.15, 0.2) is 18.2 Å². The van der Waals surface area contributed by atoms with Crippen LogP contribution in [0, 0.1) is 5.92 Å². The van der Waals surface area contributed by atoms with Crippen molar-refractivity contribution >= 4 is 35.4 Å². The van der Waals surface area contributed by atoms with Gasteiger partial charge in [-0.15, -0.1) is 0 Å². The van der Waals surface area contributed by atoms with Gasteiger partial charge in [0, 0.05) is 32.4 Å². The number of nitrogens with one attached hydrogen (secondary N) is 1. The molecule has 2 rings (SSSR count). The largest absolute Gasteiger partial charge is 0.465 e. The van der Waals surface area contributed by atoms with E-state index in [0.717, 1.165) is 12.8 Å². The molecule has 1 aliphatic heterocycles. The molecule has 1 fully saturated rings. The predicted molar refractivity (Wildman–Crippen MR) is 115 cm³/mol. The van der Waals surface area contributed by atoms with Crippen LogP contribution in [0.2, 0.25) is 5.02 Å². The van der Waals surface area contributed by atoms with Gasteiger partial charge in [-0.3, -0.25) is 0 Å². The summed E-state index contributed by atoms with van der Waals surface area (Å²) in [6, 6.07) is 4.39. The summed E-state index contributed by atoms with van der Waals surface area (Å²) >= 11 is 6.02. The zero-order valence-electron chi connectivity index (χ0n) is 18.2. The Bertz CT molecular complexity index is 793. The summed E-state index contributed by atoms with van der Waals surface area (Å²) in [4.78, 5) is 40.0. The first-order valence-electron chi connectivity index (χ1n) is 9.88. The maximum absolute atomic E-state index is 12.7. The zero-order chi connectivity index (χ0) is 22.5. The zero-order valence-corrected chi connectivity index (χ0v) is 18.9. The highest BCUT2D eigenvalue weighted by Crippen LogP contribution is 2.23. The van der Waals surface area contributed by atoms with E-state index in [2.05, 4.69) is 5.32 Å². The number of hydrogen-bond acceptors (Lipinski definition) is 5. The highest BCUT2D eigenvalue weighted by atomic mass is 35.5. The van der Waals surface area contributed by atoms with Crippen LogP contribution < -0.4 is 5.32 Å². The third-order valence-corrected chi connectivity index (χ3v) is 5.00. The quantitative estimate of drug-likeness (QED) is 0.709. The van der Waals surface area contributed by atoms with Crippen molar-refractivity contribution < 1.29 is 23.9 Å². The first-order chi connectivity index (χ1) is 14.0. The number of piperidine rings is 1. The van der Waals surface area contributed by atoms with Crippen molar-refractivity contribution in [3.8, 4) is 0 Å². The highest BCUT2D eigenvalue weighted by molar-refractivity contribution is 6.33. The summed E-state index contributed by atoms with van der Waals surface area (Å²) in [7, 11) is 2.97. The summed E-state index contributed by atoms with van der Waals surface area (Å²) in [6.45, 7) is 7.13.